The zero-order valence-electron chi connectivity index (χ0n) is 5.79. The minimum Gasteiger partial charge on any atom is -0.323 e. The van der Waals surface area contributed by atoms with Crippen molar-refractivity contribution in [1.29, 1.82) is 0 Å². The highest BCUT2D eigenvalue weighted by Crippen LogP contribution is 2.24. The molecule has 1 aliphatic carbocycles. The molecule has 51 valence electrons. The van der Waals surface area contributed by atoms with E-state index >= 15 is 0 Å². The highest BCUT2D eigenvalue weighted by molar-refractivity contribution is 5.73. The average molecular weight is 127 g/mol. The summed E-state index contributed by atoms with van der Waals surface area (Å²) in [5, 5.41) is 3.54. The number of nitrogens with zero attached hydrogens (tertiary/aromatic N) is 2. The number of urea groups is 1. The van der Waals surface area contributed by atoms with Gasteiger partial charge in [0.25, 0.3) is 0 Å². The van der Waals surface area contributed by atoms with Crippen LogP contribution in [-0.4, -0.2) is 31.1 Å². The highest BCUT2D eigenvalue weighted by atomic mass is 16.2. The molecule has 0 aromatic carbocycles. The Morgan fingerprint density at radius 3 is 2.56 bits per heavy atom. The lowest BCUT2D eigenvalue weighted by Gasteiger charge is -2.12. The van der Waals surface area contributed by atoms with Gasteiger partial charge in [-0.3, -0.25) is 0 Å². The van der Waals surface area contributed by atoms with Crippen LogP contribution in [0.1, 0.15) is 12.8 Å². The van der Waals surface area contributed by atoms with Crippen LogP contribution in [0.4, 0.5) is 4.79 Å². The lowest BCUT2D eigenvalue weighted by Crippen LogP contribution is -2.32. The average Bonchev–Trinajstić information content (AvgIpc) is 2.66. The van der Waals surface area contributed by atoms with Gasteiger partial charge >= 0.3 is 6.03 Å². The summed E-state index contributed by atoms with van der Waals surface area (Å²) >= 11 is 0. The minimum absolute atomic E-state index is 0.0995. The van der Waals surface area contributed by atoms with Crippen LogP contribution in [0, 0.1) is 0 Å². The third-order valence-electron chi connectivity index (χ3n) is 1.59. The molecule has 0 atom stereocenters. The predicted molar refractivity (Wildman–Crippen MR) is 34.2 cm³/mol. The Balaban J connectivity index is 2.30. The van der Waals surface area contributed by atoms with E-state index in [0.29, 0.717) is 6.04 Å². The van der Waals surface area contributed by atoms with Crippen LogP contribution >= 0.6 is 0 Å². The molecule has 1 fully saturated rings. The largest absolute Gasteiger partial charge is 0.338 e. The smallest absolute Gasteiger partial charge is 0.323 e. The maximum absolute atomic E-state index is 10.8. The summed E-state index contributed by atoms with van der Waals surface area (Å²) in [6, 6.07) is 0.388. The molecule has 0 unspecified atom stereocenters. The Labute approximate surface area is 55.0 Å². The van der Waals surface area contributed by atoms with Crippen molar-refractivity contribution in [2.75, 3.05) is 14.1 Å². The van der Waals surface area contributed by atoms with Gasteiger partial charge in [0.1, 0.15) is 0 Å². The lowest BCUT2D eigenvalue weighted by molar-refractivity contribution is 0.208. The van der Waals surface area contributed by atoms with Gasteiger partial charge in [-0.25, -0.2) is 10.1 Å². The van der Waals surface area contributed by atoms with Gasteiger partial charge in [-0.05, 0) is 12.8 Å². The van der Waals surface area contributed by atoms with Gasteiger partial charge in [0.05, 0.1) is 0 Å². The van der Waals surface area contributed by atoms with Crippen molar-refractivity contribution in [2.45, 2.75) is 18.9 Å². The van der Waals surface area contributed by atoms with E-state index in [1.54, 1.807) is 11.9 Å². The van der Waals surface area contributed by atoms with Gasteiger partial charge in [0, 0.05) is 20.1 Å². The molecule has 0 aromatic heterocycles. The van der Waals surface area contributed by atoms with Crippen LogP contribution in [0.3, 0.4) is 0 Å². The van der Waals surface area contributed by atoms with Crippen LogP contribution in [0.5, 0.6) is 0 Å². The summed E-state index contributed by atoms with van der Waals surface area (Å²) in [7, 11) is 3.33. The van der Waals surface area contributed by atoms with Gasteiger partial charge < -0.3 is 4.90 Å². The Hall–Kier alpha value is -0.730. The number of hydrogen-bond donors (Lipinski definition) is 0. The molecule has 1 radical (unpaired) electrons. The molecule has 0 aromatic rings. The summed E-state index contributed by atoms with van der Waals surface area (Å²) in [6.45, 7) is 0. The molecule has 0 bridgehead atoms. The second kappa shape index (κ2) is 2.25. The highest BCUT2D eigenvalue weighted by Gasteiger charge is 2.29. The zero-order chi connectivity index (χ0) is 6.85. The molecule has 2 amide bonds. The van der Waals surface area contributed by atoms with E-state index in [-0.39, 0.29) is 6.03 Å². The number of rotatable bonds is 1. The van der Waals surface area contributed by atoms with Gasteiger partial charge in [0.15, 0.2) is 0 Å². The van der Waals surface area contributed by atoms with Crippen molar-refractivity contribution in [2.24, 2.45) is 0 Å². The molecule has 1 saturated carbocycles. The van der Waals surface area contributed by atoms with Crippen LogP contribution < -0.4 is 5.32 Å². The summed E-state index contributed by atoms with van der Waals surface area (Å²) in [6.07, 6.45) is 2.30. The summed E-state index contributed by atoms with van der Waals surface area (Å²) in [5.74, 6) is 0. The van der Waals surface area contributed by atoms with Crippen LogP contribution in [0.25, 0.3) is 0 Å². The van der Waals surface area contributed by atoms with Gasteiger partial charge in [0.2, 0.25) is 0 Å². The normalized spacial score (nSPS) is 17.1. The standard InChI is InChI=1S/C6H11N2O/c1-7-6(9)8(2)5-3-4-5/h5H,3-4H2,1-2H3. The van der Waals surface area contributed by atoms with E-state index in [1.807, 2.05) is 0 Å². The molecule has 1 rings (SSSR count). The quantitative estimate of drug-likeness (QED) is 0.503. The maximum Gasteiger partial charge on any atom is 0.338 e. The fraction of sp³-hybridized carbons (Fsp3) is 0.833. The van der Waals surface area contributed by atoms with Gasteiger partial charge in [-0.1, -0.05) is 0 Å². The Morgan fingerprint density at radius 2 is 2.22 bits per heavy atom. The molecule has 0 aliphatic heterocycles. The summed E-state index contributed by atoms with van der Waals surface area (Å²) in [4.78, 5) is 12.4. The zero-order valence-corrected chi connectivity index (χ0v) is 5.79. The van der Waals surface area contributed by atoms with Crippen molar-refractivity contribution in [3.63, 3.8) is 0 Å². The number of carbonyl (C=O) groups excluding carboxylic acids is 1. The van der Waals surface area contributed by atoms with E-state index in [1.165, 1.54) is 7.05 Å². The van der Waals surface area contributed by atoms with Gasteiger partial charge in [-0.2, -0.15) is 0 Å². The number of carbonyl (C=O) groups is 1. The molecule has 3 nitrogen and oxygen atoms in total. The van der Waals surface area contributed by atoms with Gasteiger partial charge in [-0.15, -0.1) is 0 Å². The molecule has 0 heterocycles. The fourth-order valence-corrected chi connectivity index (χ4v) is 0.776. The van der Waals surface area contributed by atoms with E-state index in [4.69, 9.17) is 0 Å². The summed E-state index contributed by atoms with van der Waals surface area (Å²) < 4.78 is 0. The summed E-state index contributed by atoms with van der Waals surface area (Å²) in [5.41, 5.74) is 0. The molecular formula is C6H11N2O. The van der Waals surface area contributed by atoms with Crippen molar-refractivity contribution in [1.82, 2.24) is 10.2 Å². The number of amides is 2. The van der Waals surface area contributed by atoms with E-state index < -0.39 is 0 Å². The lowest BCUT2D eigenvalue weighted by atomic mass is 10.6. The minimum atomic E-state index is -0.0995. The van der Waals surface area contributed by atoms with Crippen molar-refractivity contribution < 1.29 is 4.79 Å². The van der Waals surface area contributed by atoms with Crippen molar-refractivity contribution in [3.8, 4) is 0 Å². The Kier molecular flexibility index (Phi) is 1.60. The van der Waals surface area contributed by atoms with E-state index in [2.05, 4.69) is 5.32 Å². The molecule has 9 heavy (non-hydrogen) atoms. The monoisotopic (exact) mass is 127 g/mol. The topological polar surface area (TPSA) is 34.4 Å². The first-order valence-electron chi connectivity index (χ1n) is 3.12. The Morgan fingerprint density at radius 1 is 1.67 bits per heavy atom. The third kappa shape index (κ3) is 1.34. The molecular weight excluding hydrogens is 116 g/mol. The second-order valence-electron chi connectivity index (χ2n) is 2.35. The van der Waals surface area contributed by atoms with E-state index in [0.717, 1.165) is 12.8 Å². The number of hydrogen-bond acceptors (Lipinski definition) is 1. The first kappa shape index (κ1) is 6.39. The SMILES string of the molecule is C[N]C(=O)N(C)C1CC1. The first-order chi connectivity index (χ1) is 4.25. The molecule has 0 saturated heterocycles. The maximum atomic E-state index is 10.8. The molecule has 0 spiro atoms. The Bertz CT molecular complexity index is 120. The van der Waals surface area contributed by atoms with Crippen LogP contribution in [0.2, 0.25) is 0 Å². The molecule has 1 aliphatic rings. The second-order valence-corrected chi connectivity index (χ2v) is 2.35. The molecule has 0 N–H and O–H groups in total. The van der Waals surface area contributed by atoms with Crippen LogP contribution in [0.15, 0.2) is 0 Å². The first-order valence-corrected chi connectivity index (χ1v) is 3.12. The van der Waals surface area contributed by atoms with Crippen LogP contribution in [-0.2, 0) is 0 Å². The van der Waals surface area contributed by atoms with E-state index in [9.17, 15) is 4.79 Å². The fourth-order valence-electron chi connectivity index (χ4n) is 0.776. The third-order valence-corrected chi connectivity index (χ3v) is 1.59. The molecule has 3 heteroatoms. The van der Waals surface area contributed by atoms with Crippen molar-refractivity contribution in [3.05, 3.63) is 0 Å². The van der Waals surface area contributed by atoms with Crippen molar-refractivity contribution >= 4 is 6.03 Å². The predicted octanol–water partition coefficient (Wildman–Crippen LogP) is 0.435.